The number of hydroxylamine groups is 4. The topological polar surface area (TPSA) is 228 Å². The van der Waals surface area contributed by atoms with Gasteiger partial charge in [-0.15, -0.1) is 0 Å². The van der Waals surface area contributed by atoms with Gasteiger partial charge in [-0.2, -0.15) is 0 Å². The predicted molar refractivity (Wildman–Crippen MR) is 257 cm³/mol. The van der Waals surface area contributed by atoms with Crippen LogP contribution in [0.2, 0.25) is 10.0 Å². The quantitative estimate of drug-likeness (QED) is 0.0291. The summed E-state index contributed by atoms with van der Waals surface area (Å²) in [5.41, 5.74) is 1.75. The smallest absolute Gasteiger partial charge is 0.325 e. The SMILES string of the molecule is CN(C)CCCOc1ccc(Cl)cc1NC(=O)Nc1cnccn1.C[N+](C)([O-])CCCOc1ccc(Cl)cc1NC(=O)Nc1cnccn1.O=S(=O)(c1ccccc1)N1OC1c1ccccc1. The van der Waals surface area contributed by atoms with Crippen molar-refractivity contribution in [2.45, 2.75) is 24.0 Å². The number of anilines is 4. The van der Waals surface area contributed by atoms with E-state index in [0.29, 0.717) is 70.7 Å². The largest absolute Gasteiger partial charge is 0.633 e. The summed E-state index contributed by atoms with van der Waals surface area (Å²) >= 11 is 12.0. The Morgan fingerprint density at radius 2 is 1.22 bits per heavy atom. The van der Waals surface area contributed by atoms with Crippen molar-refractivity contribution in [2.75, 3.05) is 75.8 Å². The van der Waals surface area contributed by atoms with E-state index in [-0.39, 0.29) is 9.54 Å². The first-order valence-corrected chi connectivity index (χ1v) is 22.8. The Morgan fingerprint density at radius 3 is 1.69 bits per heavy atom. The van der Waals surface area contributed by atoms with Gasteiger partial charge in [0.2, 0.25) is 0 Å². The molecule has 2 unspecified atom stereocenters. The van der Waals surface area contributed by atoms with Crippen molar-refractivity contribution in [3.8, 4) is 11.5 Å². The number of rotatable bonds is 17. The fraction of sp³-hybridized carbons (Fsp3) is 0.244. The highest BCUT2D eigenvalue weighted by Crippen LogP contribution is 2.42. The number of quaternary nitrogens is 1. The summed E-state index contributed by atoms with van der Waals surface area (Å²) < 4.78 is 36.4. The molecular formula is C45H51Cl2N11O8S. The molecule has 4 N–H and O–H groups in total. The molecule has 354 valence electrons. The Kier molecular flexibility index (Phi) is 19.5. The van der Waals surface area contributed by atoms with Crippen molar-refractivity contribution in [1.82, 2.24) is 29.3 Å². The van der Waals surface area contributed by atoms with Crippen LogP contribution in [-0.4, -0.2) is 109 Å². The molecule has 7 rings (SSSR count). The molecule has 2 aromatic heterocycles. The number of carbonyl (C=O) groups is 2. The van der Waals surface area contributed by atoms with E-state index in [1.54, 1.807) is 80.8 Å². The second-order valence-electron chi connectivity index (χ2n) is 15.1. The number of halogens is 2. The number of ether oxygens (including phenoxy) is 2. The van der Waals surface area contributed by atoms with Crippen LogP contribution in [0.25, 0.3) is 0 Å². The molecule has 4 amide bonds. The number of carbonyl (C=O) groups excluding carboxylic acids is 2. The van der Waals surface area contributed by atoms with Crippen LogP contribution < -0.4 is 30.7 Å². The van der Waals surface area contributed by atoms with E-state index in [4.69, 9.17) is 37.5 Å². The number of urea groups is 2. The number of hydrogen-bond donors (Lipinski definition) is 4. The van der Waals surface area contributed by atoms with Gasteiger partial charge in [0.1, 0.15) is 11.5 Å². The molecule has 1 aliphatic heterocycles. The van der Waals surface area contributed by atoms with E-state index < -0.39 is 28.3 Å². The zero-order valence-corrected chi connectivity index (χ0v) is 39.4. The molecule has 3 heterocycles. The van der Waals surface area contributed by atoms with Crippen molar-refractivity contribution in [1.29, 1.82) is 0 Å². The molecule has 0 spiro atoms. The highest BCUT2D eigenvalue weighted by Gasteiger charge is 2.48. The van der Waals surface area contributed by atoms with Gasteiger partial charge in [0.15, 0.2) is 17.9 Å². The fourth-order valence-electron chi connectivity index (χ4n) is 5.66. The second kappa shape index (κ2) is 25.4. The maximum Gasteiger partial charge on any atom is 0.325 e. The minimum absolute atomic E-state index is 0.239. The average molecular weight is 977 g/mol. The molecule has 0 radical (unpaired) electrons. The van der Waals surface area contributed by atoms with E-state index in [0.717, 1.165) is 23.0 Å². The molecule has 0 saturated carbocycles. The molecule has 0 bridgehead atoms. The van der Waals surface area contributed by atoms with Crippen LogP contribution in [-0.2, 0) is 14.9 Å². The Balaban J connectivity index is 0.000000190. The Labute approximate surface area is 399 Å². The summed E-state index contributed by atoms with van der Waals surface area (Å²) in [5.74, 6) is 1.70. The van der Waals surface area contributed by atoms with E-state index >= 15 is 0 Å². The van der Waals surface area contributed by atoms with E-state index in [2.05, 4.69) is 46.1 Å². The number of aromatic nitrogens is 4. The van der Waals surface area contributed by atoms with Gasteiger partial charge in [-0.05, 0) is 73.5 Å². The third-order valence-electron chi connectivity index (χ3n) is 8.81. The van der Waals surface area contributed by atoms with Crippen LogP contribution in [0.5, 0.6) is 11.5 Å². The Hall–Kier alpha value is -6.49. The van der Waals surface area contributed by atoms with Gasteiger partial charge in [-0.1, -0.05) is 71.7 Å². The van der Waals surface area contributed by atoms with Gasteiger partial charge in [0.25, 0.3) is 10.0 Å². The first kappa shape index (κ1) is 51.5. The van der Waals surface area contributed by atoms with Crippen LogP contribution in [0.1, 0.15) is 24.6 Å². The molecule has 22 heteroatoms. The van der Waals surface area contributed by atoms with Crippen molar-refractivity contribution in [3.63, 3.8) is 0 Å². The van der Waals surface area contributed by atoms with E-state index in [1.165, 1.54) is 37.2 Å². The summed E-state index contributed by atoms with van der Waals surface area (Å²) in [5, 5.41) is 23.0. The summed E-state index contributed by atoms with van der Waals surface area (Å²) in [7, 11) is 3.61. The van der Waals surface area contributed by atoms with Crippen LogP contribution in [0.4, 0.5) is 32.6 Å². The Morgan fingerprint density at radius 1 is 0.731 bits per heavy atom. The highest BCUT2D eigenvalue weighted by atomic mass is 35.5. The van der Waals surface area contributed by atoms with Crippen molar-refractivity contribution < 1.29 is 37.0 Å². The standard InChI is InChI=1S/C16H20ClN5O3.C16H20ClN5O2.C13H11NO3S/c1-22(2,24)8-3-9-25-14-5-4-12(17)10-13(14)20-16(23)21-15-11-18-6-7-19-15;1-22(2)8-3-9-24-14-5-4-12(17)10-13(14)20-16(23)21-15-11-18-6-7-19-15;15-18(16,12-9-5-2-6-10-12)14-13(17-14)11-7-3-1-4-8-11/h4-7,10-11H,3,8-9H2,1-2H3,(H2,19,20,21,23);4-7,10-11H,3,8-9H2,1-2H3,(H2,19,20,21,23);1-10,13H. The lowest BCUT2D eigenvalue weighted by atomic mass is 10.2. The van der Waals surface area contributed by atoms with Gasteiger partial charge < -0.3 is 34.9 Å². The Bertz CT molecular complexity index is 2590. The number of nitrogens with zero attached hydrogens (tertiary/aromatic N) is 7. The van der Waals surface area contributed by atoms with Gasteiger partial charge in [-0.25, -0.2) is 28.0 Å². The zero-order valence-electron chi connectivity index (χ0n) is 37.1. The first-order valence-electron chi connectivity index (χ1n) is 20.6. The number of sulfonamides is 1. The number of nitrogens with one attached hydrogen (secondary N) is 4. The van der Waals surface area contributed by atoms with Crippen LogP contribution in [0.15, 0.2) is 139 Å². The zero-order chi connectivity index (χ0) is 48.2. The minimum Gasteiger partial charge on any atom is -0.633 e. The molecule has 4 aromatic carbocycles. The summed E-state index contributed by atoms with van der Waals surface area (Å²) in [4.78, 5) is 47.3. The van der Waals surface area contributed by atoms with E-state index in [1.807, 2.05) is 44.4 Å². The summed E-state index contributed by atoms with van der Waals surface area (Å²) in [6.07, 6.45) is 9.84. The van der Waals surface area contributed by atoms with Crippen LogP contribution >= 0.6 is 23.2 Å². The van der Waals surface area contributed by atoms with Crippen molar-refractivity contribution >= 4 is 68.3 Å². The maximum atomic E-state index is 12.2. The predicted octanol–water partition coefficient (Wildman–Crippen LogP) is 8.54. The molecule has 1 saturated heterocycles. The second-order valence-corrected chi connectivity index (χ2v) is 17.7. The van der Waals surface area contributed by atoms with Gasteiger partial charge in [0, 0.05) is 53.4 Å². The van der Waals surface area contributed by atoms with Gasteiger partial charge in [0.05, 0.1) is 62.5 Å². The molecule has 0 aliphatic carbocycles. The van der Waals surface area contributed by atoms with Crippen molar-refractivity contribution in [2.24, 2.45) is 0 Å². The lowest BCUT2D eigenvalue weighted by Gasteiger charge is -2.33. The summed E-state index contributed by atoms with van der Waals surface area (Å²) in [6.45, 7) is 2.25. The van der Waals surface area contributed by atoms with Gasteiger partial charge >= 0.3 is 12.1 Å². The molecule has 19 nitrogen and oxygen atoms in total. The molecule has 2 atom stereocenters. The minimum atomic E-state index is -3.55. The van der Waals surface area contributed by atoms with E-state index in [9.17, 15) is 23.2 Å². The highest BCUT2D eigenvalue weighted by molar-refractivity contribution is 7.89. The van der Waals surface area contributed by atoms with Gasteiger partial charge in [-0.3, -0.25) is 25.4 Å². The van der Waals surface area contributed by atoms with Crippen LogP contribution in [0, 0.1) is 5.21 Å². The number of benzene rings is 4. The molecular weight excluding hydrogens is 926 g/mol. The van der Waals surface area contributed by atoms with Crippen molar-refractivity contribution in [3.05, 3.63) is 155 Å². The number of amides is 4. The normalized spacial score (nSPS) is 14.0. The summed E-state index contributed by atoms with van der Waals surface area (Å²) in [6, 6.07) is 26.6. The molecule has 6 aromatic rings. The third-order valence-corrected chi connectivity index (χ3v) is 10.9. The lowest BCUT2D eigenvalue weighted by Crippen LogP contribution is -2.33. The van der Waals surface area contributed by atoms with Crippen LogP contribution in [0.3, 0.4) is 0 Å². The third kappa shape index (κ3) is 18.0. The fourth-order valence-corrected chi connectivity index (χ4v) is 7.28. The first-order chi connectivity index (χ1) is 32.1. The maximum absolute atomic E-state index is 12.2. The molecule has 1 aliphatic rings. The molecule has 67 heavy (non-hydrogen) atoms. The average Bonchev–Trinajstić information content (AvgIpc) is 4.12. The number of hydrogen-bond acceptors (Lipinski definition) is 13. The lowest BCUT2D eigenvalue weighted by molar-refractivity contribution is -0.840. The monoisotopic (exact) mass is 975 g/mol. The molecule has 1 fully saturated rings.